The number of ether oxygens (including phenoxy) is 1. The summed E-state index contributed by atoms with van der Waals surface area (Å²) in [4.78, 5) is 34.9. The molecular weight excluding hydrogens is 408 g/mol. The number of carbonyl (C=O) groups is 1. The van der Waals surface area contributed by atoms with Crippen LogP contribution in [0, 0.1) is 6.92 Å². The second-order valence-electron chi connectivity index (χ2n) is 6.72. The van der Waals surface area contributed by atoms with Gasteiger partial charge in [0.1, 0.15) is 15.8 Å². The van der Waals surface area contributed by atoms with Crippen molar-refractivity contribution in [2.24, 2.45) is 0 Å². The molecule has 2 fully saturated rings. The monoisotopic (exact) mass is 428 g/mol. The van der Waals surface area contributed by atoms with E-state index >= 15 is 0 Å². The van der Waals surface area contributed by atoms with Crippen molar-refractivity contribution in [1.82, 2.24) is 14.3 Å². The van der Waals surface area contributed by atoms with Crippen LogP contribution in [0.2, 0.25) is 0 Å². The van der Waals surface area contributed by atoms with Gasteiger partial charge in [-0.25, -0.2) is 4.98 Å². The summed E-state index contributed by atoms with van der Waals surface area (Å²) in [5, 5.41) is 0. The molecule has 0 bridgehead atoms. The molecule has 2 saturated heterocycles. The Balaban J connectivity index is 1.90. The van der Waals surface area contributed by atoms with Crippen molar-refractivity contribution < 1.29 is 9.53 Å². The van der Waals surface area contributed by atoms with Gasteiger partial charge in [0.15, 0.2) is 0 Å². The van der Waals surface area contributed by atoms with Crippen LogP contribution < -0.4 is 10.5 Å². The van der Waals surface area contributed by atoms with E-state index < -0.39 is 0 Å². The fourth-order valence-corrected chi connectivity index (χ4v) is 4.62. The second-order valence-corrected chi connectivity index (χ2v) is 8.40. The molecule has 0 N–H and O–H groups in total. The lowest BCUT2D eigenvalue weighted by atomic mass is 10.2. The van der Waals surface area contributed by atoms with E-state index in [1.807, 2.05) is 24.0 Å². The number of thiocarbonyl (C=S) groups is 1. The number of morpholine rings is 1. The lowest BCUT2D eigenvalue weighted by molar-refractivity contribution is -0.121. The first-order valence-corrected chi connectivity index (χ1v) is 10.4. The molecule has 7 nitrogen and oxygen atoms in total. The van der Waals surface area contributed by atoms with Crippen molar-refractivity contribution in [3.63, 3.8) is 0 Å². The van der Waals surface area contributed by atoms with Crippen molar-refractivity contribution in [3.8, 4) is 0 Å². The van der Waals surface area contributed by atoms with Crippen molar-refractivity contribution >= 4 is 51.7 Å². The molecular formula is C20H20N4O3S2. The molecule has 9 heteroatoms. The molecule has 0 unspecified atom stereocenters. The molecule has 29 heavy (non-hydrogen) atoms. The van der Waals surface area contributed by atoms with Gasteiger partial charge in [0.2, 0.25) is 0 Å². The Labute approximate surface area is 177 Å². The number of thioether (sulfide) groups is 1. The molecule has 1 amide bonds. The quantitative estimate of drug-likeness (QED) is 0.420. The summed E-state index contributed by atoms with van der Waals surface area (Å²) in [5.74, 6) is 0.350. The van der Waals surface area contributed by atoms with E-state index in [9.17, 15) is 9.59 Å². The summed E-state index contributed by atoms with van der Waals surface area (Å²) >= 11 is 6.51. The molecule has 2 aliphatic heterocycles. The topological polar surface area (TPSA) is 67.2 Å². The maximum absolute atomic E-state index is 13.4. The van der Waals surface area contributed by atoms with Crippen molar-refractivity contribution in [2.45, 2.75) is 6.92 Å². The highest BCUT2D eigenvalue weighted by Crippen LogP contribution is 2.33. The minimum Gasteiger partial charge on any atom is -0.378 e. The maximum atomic E-state index is 13.4. The van der Waals surface area contributed by atoms with Crippen LogP contribution in [0.25, 0.3) is 11.7 Å². The lowest BCUT2D eigenvalue weighted by Gasteiger charge is -2.29. The van der Waals surface area contributed by atoms with Crippen molar-refractivity contribution in [1.29, 1.82) is 0 Å². The molecule has 0 aliphatic carbocycles. The number of rotatable bonds is 4. The highest BCUT2D eigenvalue weighted by atomic mass is 32.2. The predicted octanol–water partition coefficient (Wildman–Crippen LogP) is 2.23. The lowest BCUT2D eigenvalue weighted by Crippen LogP contribution is -2.38. The first kappa shape index (κ1) is 19.8. The average Bonchev–Trinajstić information content (AvgIpc) is 2.99. The van der Waals surface area contributed by atoms with Gasteiger partial charge in [-0.05, 0) is 24.6 Å². The highest BCUT2D eigenvalue weighted by Gasteiger charge is 2.32. The van der Waals surface area contributed by atoms with E-state index in [2.05, 4.69) is 6.58 Å². The van der Waals surface area contributed by atoms with Crippen molar-refractivity contribution in [3.05, 3.63) is 57.4 Å². The SMILES string of the molecule is C=CCN1C(=O)C(=Cc2c(N3CCOCC3)nc3c(C)cccn3c2=O)SC1=S. The molecule has 0 atom stereocenters. The van der Waals surface area contributed by atoms with Crippen LogP contribution in [0.5, 0.6) is 0 Å². The molecule has 2 aromatic rings. The molecule has 0 radical (unpaired) electrons. The van der Waals surface area contributed by atoms with Crippen LogP contribution >= 0.6 is 24.0 Å². The number of amides is 1. The van der Waals surface area contributed by atoms with Gasteiger partial charge in [0.05, 0.1) is 23.7 Å². The third kappa shape index (κ3) is 3.61. The Bertz CT molecular complexity index is 1100. The van der Waals surface area contributed by atoms with Gasteiger partial charge in [-0.1, -0.05) is 36.1 Å². The van der Waals surface area contributed by atoms with Crippen LogP contribution in [0.15, 0.2) is 40.7 Å². The van der Waals surface area contributed by atoms with Crippen LogP contribution in [0.4, 0.5) is 5.82 Å². The first-order chi connectivity index (χ1) is 14.0. The van der Waals surface area contributed by atoms with Crippen LogP contribution in [0.1, 0.15) is 11.1 Å². The fourth-order valence-electron chi connectivity index (χ4n) is 3.36. The number of fused-ring (bicyclic) bond motifs is 1. The molecule has 0 spiro atoms. The van der Waals surface area contributed by atoms with Crippen LogP contribution in [-0.4, -0.2) is 57.4 Å². The van der Waals surface area contributed by atoms with Crippen molar-refractivity contribution in [2.75, 3.05) is 37.7 Å². The fraction of sp³-hybridized carbons (Fsp3) is 0.300. The van der Waals surface area contributed by atoms with Gasteiger partial charge in [-0.15, -0.1) is 6.58 Å². The standard InChI is InChI=1S/C20H20N4O3S2/c1-3-6-24-19(26)15(29-20(24)28)12-14-17(22-8-10-27-11-9-22)21-16-13(2)5-4-7-23(16)18(14)25/h3-5,7,12H,1,6,8-11H2,2H3. The van der Waals surface area contributed by atoms with E-state index in [-0.39, 0.29) is 11.5 Å². The summed E-state index contributed by atoms with van der Waals surface area (Å²) in [6, 6.07) is 3.73. The number of hydrogen-bond acceptors (Lipinski definition) is 7. The summed E-state index contributed by atoms with van der Waals surface area (Å²) in [6.07, 6.45) is 4.94. The summed E-state index contributed by atoms with van der Waals surface area (Å²) in [6.45, 7) is 8.32. The number of hydrogen-bond donors (Lipinski definition) is 0. The van der Waals surface area contributed by atoms with E-state index in [0.29, 0.717) is 59.1 Å². The molecule has 0 aromatic carbocycles. The Morgan fingerprint density at radius 2 is 2.10 bits per heavy atom. The molecule has 2 aromatic heterocycles. The molecule has 150 valence electrons. The van der Waals surface area contributed by atoms with Gasteiger partial charge >= 0.3 is 0 Å². The maximum Gasteiger partial charge on any atom is 0.267 e. The highest BCUT2D eigenvalue weighted by molar-refractivity contribution is 8.26. The number of aryl methyl sites for hydroxylation is 1. The Hall–Kier alpha value is -2.49. The number of nitrogens with zero attached hydrogens (tertiary/aromatic N) is 4. The Morgan fingerprint density at radius 1 is 1.34 bits per heavy atom. The third-order valence-electron chi connectivity index (χ3n) is 4.84. The Kier molecular flexibility index (Phi) is 5.53. The average molecular weight is 429 g/mol. The van der Waals surface area contributed by atoms with Gasteiger partial charge in [-0.2, -0.15) is 0 Å². The Morgan fingerprint density at radius 3 is 2.83 bits per heavy atom. The summed E-state index contributed by atoms with van der Waals surface area (Å²) < 4.78 is 7.43. The van der Waals surface area contributed by atoms with Gasteiger partial charge in [0.25, 0.3) is 11.5 Å². The normalized spacial score (nSPS) is 18.9. The number of pyridine rings is 1. The van der Waals surface area contributed by atoms with Crippen LogP contribution in [-0.2, 0) is 9.53 Å². The molecule has 0 saturated carbocycles. The molecule has 4 heterocycles. The molecule has 4 rings (SSSR count). The largest absolute Gasteiger partial charge is 0.378 e. The van der Waals surface area contributed by atoms with E-state index in [0.717, 1.165) is 5.56 Å². The van der Waals surface area contributed by atoms with E-state index in [4.69, 9.17) is 21.9 Å². The number of anilines is 1. The van der Waals surface area contributed by atoms with E-state index in [1.165, 1.54) is 21.1 Å². The van der Waals surface area contributed by atoms with Gasteiger partial charge < -0.3 is 9.64 Å². The predicted molar refractivity (Wildman–Crippen MR) is 119 cm³/mol. The summed E-state index contributed by atoms with van der Waals surface area (Å²) in [5.41, 5.74) is 1.68. The number of aromatic nitrogens is 2. The zero-order valence-electron chi connectivity index (χ0n) is 16.0. The van der Waals surface area contributed by atoms with Gasteiger partial charge in [0, 0.05) is 25.8 Å². The zero-order chi connectivity index (χ0) is 20.5. The summed E-state index contributed by atoms with van der Waals surface area (Å²) in [7, 11) is 0. The minimum absolute atomic E-state index is 0.214. The molecule has 2 aliphatic rings. The minimum atomic E-state index is -0.221. The smallest absolute Gasteiger partial charge is 0.267 e. The first-order valence-electron chi connectivity index (χ1n) is 9.22. The third-order valence-corrected chi connectivity index (χ3v) is 6.21. The van der Waals surface area contributed by atoms with Crippen LogP contribution in [0.3, 0.4) is 0 Å². The zero-order valence-corrected chi connectivity index (χ0v) is 17.6. The second kappa shape index (κ2) is 8.10. The number of carbonyl (C=O) groups excluding carboxylic acids is 1. The van der Waals surface area contributed by atoms with Gasteiger partial charge in [-0.3, -0.25) is 18.9 Å². The van der Waals surface area contributed by atoms with E-state index in [1.54, 1.807) is 18.3 Å².